The number of hydrogen-bond acceptors (Lipinski definition) is 6. The van der Waals surface area contributed by atoms with Gasteiger partial charge in [0.05, 0.1) is 24.4 Å². The van der Waals surface area contributed by atoms with Crippen LogP contribution in [0.3, 0.4) is 0 Å². The quantitative estimate of drug-likeness (QED) is 0.108. The van der Waals surface area contributed by atoms with Crippen LogP contribution in [-0.4, -0.2) is 60.4 Å². The van der Waals surface area contributed by atoms with Gasteiger partial charge >= 0.3 is 11.9 Å². The highest BCUT2D eigenvalue weighted by atomic mass is 79.9. The Morgan fingerprint density at radius 3 is 1.56 bits per heavy atom. The Hall–Kier alpha value is -4.72. The molecule has 0 radical (unpaired) electrons. The normalized spacial score (nSPS) is 12.6. The van der Waals surface area contributed by atoms with Gasteiger partial charge in [-0.3, -0.25) is 4.90 Å². The number of carbonyl (C=O) groups excluding carboxylic acids is 1. The first-order valence-corrected chi connectivity index (χ1v) is 22.3. The predicted molar refractivity (Wildman–Crippen MR) is 263 cm³/mol. The Morgan fingerprint density at radius 1 is 0.683 bits per heavy atom. The summed E-state index contributed by atoms with van der Waals surface area (Å²) < 4.78 is 18.8. The molecule has 0 bridgehead atoms. The highest BCUT2D eigenvalue weighted by Gasteiger charge is 2.35. The van der Waals surface area contributed by atoms with Crippen molar-refractivity contribution < 1.29 is 28.9 Å². The number of ether oxygens (including phenoxy) is 3. The molecule has 330 valence electrons. The molecule has 0 saturated carbocycles. The van der Waals surface area contributed by atoms with Gasteiger partial charge in [0.25, 0.3) is 0 Å². The SMILES string of the molecule is CCOC(=O)C(OC(C)(C)C)c1c(C)c(Br)c2ccccc2c1-c1ccc(Cl)cc1.Cc1c(C(OC(C)(C)C)C(=O)O)c(-c2ccc(Cl)cc2)c2ccccc2c1C#CCN(C)C. The van der Waals surface area contributed by atoms with E-state index < -0.39 is 35.3 Å². The molecule has 6 aromatic carbocycles. The summed E-state index contributed by atoms with van der Waals surface area (Å²) in [6.45, 7) is 18.0. The summed E-state index contributed by atoms with van der Waals surface area (Å²) in [6.07, 6.45) is -2.02. The van der Waals surface area contributed by atoms with Gasteiger partial charge < -0.3 is 19.3 Å². The highest BCUT2D eigenvalue weighted by Crippen LogP contribution is 2.45. The molecule has 1 N–H and O–H groups in total. The number of halogens is 3. The van der Waals surface area contributed by atoms with Crippen LogP contribution in [0, 0.1) is 25.7 Å². The Balaban J connectivity index is 0.000000239. The second-order valence-electron chi connectivity index (χ2n) is 17.5. The zero-order valence-corrected chi connectivity index (χ0v) is 41.0. The lowest BCUT2D eigenvalue weighted by molar-refractivity contribution is -0.166. The molecule has 2 atom stereocenters. The van der Waals surface area contributed by atoms with Crippen molar-refractivity contribution in [3.8, 4) is 34.1 Å². The average Bonchev–Trinajstić information content (AvgIpc) is 3.21. The number of carboxylic acids is 1. The molecule has 0 aromatic heterocycles. The zero-order chi connectivity index (χ0) is 46.4. The minimum absolute atomic E-state index is 0.285. The van der Waals surface area contributed by atoms with Crippen molar-refractivity contribution in [1.29, 1.82) is 0 Å². The molecule has 6 rings (SSSR count). The van der Waals surface area contributed by atoms with Gasteiger partial charge in [-0.1, -0.05) is 108 Å². The number of rotatable bonds is 10. The first-order valence-electron chi connectivity index (χ1n) is 20.8. The molecule has 0 amide bonds. The Kier molecular flexibility index (Phi) is 16.3. The summed E-state index contributed by atoms with van der Waals surface area (Å²) in [5, 5.41) is 15.5. The van der Waals surface area contributed by atoms with Crippen molar-refractivity contribution in [2.24, 2.45) is 0 Å². The fourth-order valence-corrected chi connectivity index (χ4v) is 8.29. The lowest BCUT2D eigenvalue weighted by Gasteiger charge is -2.30. The van der Waals surface area contributed by atoms with E-state index in [9.17, 15) is 14.7 Å². The number of carboxylic acid groups (broad SMARTS) is 1. The van der Waals surface area contributed by atoms with Crippen LogP contribution in [0.1, 0.15) is 88.5 Å². The zero-order valence-electron chi connectivity index (χ0n) is 37.9. The first kappa shape index (κ1) is 49.3. The lowest BCUT2D eigenvalue weighted by atomic mass is 9.84. The molecule has 0 aliphatic heterocycles. The van der Waals surface area contributed by atoms with Gasteiger partial charge in [0.15, 0.2) is 12.2 Å². The van der Waals surface area contributed by atoms with E-state index in [1.165, 1.54) is 0 Å². The van der Waals surface area contributed by atoms with Crippen molar-refractivity contribution in [3.05, 3.63) is 139 Å². The van der Waals surface area contributed by atoms with Gasteiger partial charge in [-0.2, -0.15) is 0 Å². The number of carbonyl (C=O) groups is 2. The van der Waals surface area contributed by atoms with E-state index >= 15 is 0 Å². The van der Waals surface area contributed by atoms with E-state index in [0.29, 0.717) is 22.2 Å². The smallest absolute Gasteiger partial charge is 0.339 e. The summed E-state index contributed by atoms with van der Waals surface area (Å²) in [6, 6.07) is 31.2. The molecule has 7 nitrogen and oxygen atoms in total. The number of aliphatic carboxylic acids is 1. The van der Waals surface area contributed by atoms with Gasteiger partial charge in [-0.25, -0.2) is 9.59 Å². The topological polar surface area (TPSA) is 85.3 Å². The van der Waals surface area contributed by atoms with Crippen LogP contribution in [0.25, 0.3) is 43.8 Å². The van der Waals surface area contributed by atoms with E-state index in [0.717, 1.165) is 70.5 Å². The molecule has 10 heteroatoms. The van der Waals surface area contributed by atoms with Crippen LogP contribution in [-0.2, 0) is 23.8 Å². The molecular weight excluding hydrogens is 897 g/mol. The molecule has 0 aliphatic rings. The number of fused-ring (bicyclic) bond motifs is 2. The molecular formula is C53H56BrCl2NO6. The molecule has 63 heavy (non-hydrogen) atoms. The van der Waals surface area contributed by atoms with Gasteiger partial charge in [0.2, 0.25) is 0 Å². The third-order valence-electron chi connectivity index (χ3n) is 10.0. The maximum atomic E-state index is 13.1. The second kappa shape index (κ2) is 20.9. The molecule has 0 spiro atoms. The van der Waals surface area contributed by atoms with Crippen LogP contribution in [0.15, 0.2) is 102 Å². The molecule has 0 aliphatic carbocycles. The Morgan fingerprint density at radius 2 is 1.11 bits per heavy atom. The first-order chi connectivity index (χ1) is 29.6. The summed E-state index contributed by atoms with van der Waals surface area (Å²) in [5.41, 5.74) is 6.42. The molecule has 6 aromatic rings. The summed E-state index contributed by atoms with van der Waals surface area (Å²) in [7, 11) is 3.93. The molecule has 2 unspecified atom stereocenters. The summed E-state index contributed by atoms with van der Waals surface area (Å²) >= 11 is 16.1. The Labute approximate surface area is 390 Å². The third kappa shape index (κ3) is 12.1. The number of hydrogen-bond donors (Lipinski definition) is 1. The monoisotopic (exact) mass is 951 g/mol. The van der Waals surface area contributed by atoms with Gasteiger partial charge in [-0.15, -0.1) is 0 Å². The van der Waals surface area contributed by atoms with E-state index in [2.05, 4.69) is 39.9 Å². The fourth-order valence-electron chi connectivity index (χ4n) is 7.47. The predicted octanol–water partition coefficient (Wildman–Crippen LogP) is 14.0. The van der Waals surface area contributed by atoms with Crippen molar-refractivity contribution in [3.63, 3.8) is 0 Å². The molecule has 0 fully saturated rings. The van der Waals surface area contributed by atoms with Crippen molar-refractivity contribution in [2.75, 3.05) is 27.2 Å². The molecule has 0 heterocycles. The van der Waals surface area contributed by atoms with E-state index in [-0.39, 0.29) is 6.61 Å². The van der Waals surface area contributed by atoms with Crippen LogP contribution in [0.4, 0.5) is 0 Å². The summed E-state index contributed by atoms with van der Waals surface area (Å²) in [5.74, 6) is 5.09. The van der Waals surface area contributed by atoms with Crippen LogP contribution in [0.5, 0.6) is 0 Å². The minimum Gasteiger partial charge on any atom is -0.479 e. The fraction of sp³-hybridized carbons (Fsp3) is 0.321. The number of nitrogens with zero attached hydrogens (tertiary/aromatic N) is 1. The number of esters is 1. The van der Waals surface area contributed by atoms with E-state index in [1.807, 2.05) is 159 Å². The van der Waals surface area contributed by atoms with E-state index in [1.54, 1.807) is 6.92 Å². The van der Waals surface area contributed by atoms with Crippen LogP contribution >= 0.6 is 39.1 Å². The number of benzene rings is 6. The standard InChI is InChI=1S/C28H30ClNO3.C25H26BrClO3/c1-18-21(12-9-17-30(5)6)22-10-7-8-11-23(22)25(19-13-15-20(29)16-14-19)24(18)26(27(31)32)33-28(2,3)4;1-6-29-24(28)23(30-25(3,4)5)20-15(2)22(26)19-10-8-7-9-18(19)21(20)16-11-13-17(27)14-12-16/h7-8,10-11,13-16,26H,17H2,1-6H3,(H,31,32);7-14,23H,6H2,1-5H3. The van der Waals surface area contributed by atoms with Gasteiger partial charge in [0, 0.05) is 31.2 Å². The summed E-state index contributed by atoms with van der Waals surface area (Å²) in [4.78, 5) is 27.6. The third-order valence-corrected chi connectivity index (χ3v) is 11.5. The van der Waals surface area contributed by atoms with Crippen molar-refractivity contribution >= 4 is 72.6 Å². The molecule has 0 saturated heterocycles. The minimum atomic E-state index is -1.16. The largest absolute Gasteiger partial charge is 0.479 e. The second-order valence-corrected chi connectivity index (χ2v) is 19.1. The Bertz CT molecular complexity index is 2670. The highest BCUT2D eigenvalue weighted by molar-refractivity contribution is 9.10. The lowest BCUT2D eigenvalue weighted by Crippen LogP contribution is -2.29. The maximum Gasteiger partial charge on any atom is 0.339 e. The van der Waals surface area contributed by atoms with Gasteiger partial charge in [-0.05, 0) is 172 Å². The van der Waals surface area contributed by atoms with Crippen molar-refractivity contribution in [2.45, 2.75) is 85.7 Å². The maximum absolute atomic E-state index is 13.1. The van der Waals surface area contributed by atoms with Crippen LogP contribution in [0.2, 0.25) is 10.0 Å². The average molecular weight is 954 g/mol. The van der Waals surface area contributed by atoms with E-state index in [4.69, 9.17) is 37.4 Å². The van der Waals surface area contributed by atoms with Gasteiger partial charge in [0.1, 0.15) is 0 Å². The van der Waals surface area contributed by atoms with Crippen molar-refractivity contribution in [1.82, 2.24) is 4.90 Å². The van der Waals surface area contributed by atoms with Crippen LogP contribution < -0.4 is 0 Å².